The smallest absolute Gasteiger partial charge is 0.0239 e. The number of halogens is 1. The molecule has 1 aromatic carbocycles. The summed E-state index contributed by atoms with van der Waals surface area (Å²) in [4.78, 5) is 2.70. The third kappa shape index (κ3) is 3.16. The van der Waals surface area contributed by atoms with Gasteiger partial charge in [-0.15, -0.1) is 0 Å². The summed E-state index contributed by atoms with van der Waals surface area (Å²) in [5.41, 5.74) is 3.05. The molecule has 0 N–H and O–H groups in total. The Morgan fingerprint density at radius 1 is 1.22 bits per heavy atom. The molecule has 0 atom stereocenters. The van der Waals surface area contributed by atoms with Gasteiger partial charge in [0.15, 0.2) is 0 Å². The van der Waals surface area contributed by atoms with Crippen LogP contribution in [0.4, 0.5) is 0 Å². The lowest BCUT2D eigenvalue weighted by Gasteiger charge is -2.36. The molecule has 0 radical (unpaired) electrons. The van der Waals surface area contributed by atoms with Gasteiger partial charge in [0, 0.05) is 23.6 Å². The van der Waals surface area contributed by atoms with Crippen molar-refractivity contribution in [3.8, 4) is 0 Å². The van der Waals surface area contributed by atoms with Crippen molar-refractivity contribution < 1.29 is 0 Å². The number of rotatable bonds is 5. The summed E-state index contributed by atoms with van der Waals surface area (Å²) in [6.45, 7) is 6.97. The maximum absolute atomic E-state index is 3.68. The van der Waals surface area contributed by atoms with Crippen LogP contribution in [0.15, 0.2) is 22.7 Å². The predicted molar refractivity (Wildman–Crippen MR) is 81.9 cm³/mol. The highest BCUT2D eigenvalue weighted by Crippen LogP contribution is 2.28. The molecule has 0 unspecified atom stereocenters. The molecule has 1 nitrogen and oxygen atoms in total. The summed E-state index contributed by atoms with van der Waals surface area (Å²) >= 11 is 3.68. The molecule has 100 valence electrons. The Hall–Kier alpha value is -0.340. The summed E-state index contributed by atoms with van der Waals surface area (Å²) in [5, 5.41) is 0. The van der Waals surface area contributed by atoms with Crippen molar-refractivity contribution >= 4 is 15.9 Å². The molecule has 0 aliphatic carbocycles. The topological polar surface area (TPSA) is 3.24 Å². The Labute approximate surface area is 120 Å². The summed E-state index contributed by atoms with van der Waals surface area (Å²) in [6, 6.07) is 7.42. The summed E-state index contributed by atoms with van der Waals surface area (Å²) in [5.74, 6) is 0. The van der Waals surface area contributed by atoms with E-state index in [1.54, 1.807) is 0 Å². The van der Waals surface area contributed by atoms with E-state index in [0.717, 1.165) is 12.6 Å². The largest absolute Gasteiger partial charge is 0.296 e. The zero-order valence-electron chi connectivity index (χ0n) is 11.6. The van der Waals surface area contributed by atoms with Crippen molar-refractivity contribution in [1.82, 2.24) is 4.90 Å². The van der Waals surface area contributed by atoms with Gasteiger partial charge < -0.3 is 0 Å². The maximum atomic E-state index is 3.68. The Kier molecular flexibility index (Phi) is 5.25. The summed E-state index contributed by atoms with van der Waals surface area (Å²) in [7, 11) is 0. The first-order chi connectivity index (χ1) is 8.76. The zero-order valence-corrected chi connectivity index (χ0v) is 13.2. The molecule has 1 aliphatic rings. The van der Waals surface area contributed by atoms with Gasteiger partial charge in [-0.25, -0.2) is 0 Å². The van der Waals surface area contributed by atoms with Crippen molar-refractivity contribution in [3.05, 3.63) is 33.8 Å². The van der Waals surface area contributed by atoms with Gasteiger partial charge in [-0.2, -0.15) is 0 Å². The second kappa shape index (κ2) is 6.72. The molecule has 0 spiro atoms. The molecule has 0 amide bonds. The number of hydrogen-bond acceptors (Lipinski definition) is 1. The Morgan fingerprint density at radius 3 is 2.61 bits per heavy atom. The van der Waals surface area contributed by atoms with Crippen LogP contribution >= 0.6 is 15.9 Å². The fraction of sp³-hybridized carbons (Fsp3) is 0.625. The number of fused-ring (bicyclic) bond motifs is 1. The molecule has 18 heavy (non-hydrogen) atoms. The van der Waals surface area contributed by atoms with Gasteiger partial charge in [-0.05, 0) is 36.5 Å². The molecule has 1 aromatic rings. The van der Waals surface area contributed by atoms with Gasteiger partial charge in [-0.1, -0.05) is 54.8 Å². The van der Waals surface area contributed by atoms with E-state index in [0.29, 0.717) is 0 Å². The lowest BCUT2D eigenvalue weighted by atomic mass is 9.96. The summed E-state index contributed by atoms with van der Waals surface area (Å²) in [6.07, 6.45) is 6.48. The Bertz CT molecular complexity index is 383. The van der Waals surface area contributed by atoms with Crippen molar-refractivity contribution in [2.75, 3.05) is 6.54 Å². The first-order valence-corrected chi connectivity index (χ1v) is 8.05. The minimum absolute atomic E-state index is 0.784. The molecule has 0 saturated heterocycles. The van der Waals surface area contributed by atoms with Crippen LogP contribution in [-0.2, 0) is 13.0 Å². The van der Waals surface area contributed by atoms with E-state index in [2.05, 4.69) is 52.9 Å². The average Bonchev–Trinajstić information content (AvgIpc) is 2.38. The Morgan fingerprint density at radius 2 is 1.94 bits per heavy atom. The molecular formula is C16H24BrN. The van der Waals surface area contributed by atoms with Gasteiger partial charge >= 0.3 is 0 Å². The molecule has 2 rings (SSSR count). The molecule has 0 aromatic heterocycles. The lowest BCUT2D eigenvalue weighted by Crippen LogP contribution is -2.39. The van der Waals surface area contributed by atoms with Crippen molar-refractivity contribution in [3.63, 3.8) is 0 Å². The standard InChI is InChI=1S/C16H24BrN/c1-3-6-14(7-4-2)18-11-10-15-13(12-18)8-5-9-16(15)17/h5,8-9,14H,3-4,6-7,10-12H2,1-2H3. The third-order valence-electron chi connectivity index (χ3n) is 4.00. The van der Waals surface area contributed by atoms with Crippen molar-refractivity contribution in [2.45, 2.75) is 58.5 Å². The van der Waals surface area contributed by atoms with Gasteiger partial charge in [0.2, 0.25) is 0 Å². The average molecular weight is 310 g/mol. The summed E-state index contributed by atoms with van der Waals surface area (Å²) < 4.78 is 1.29. The fourth-order valence-electron chi connectivity index (χ4n) is 3.07. The van der Waals surface area contributed by atoms with Crippen LogP contribution in [0.2, 0.25) is 0 Å². The molecule has 0 saturated carbocycles. The van der Waals surface area contributed by atoms with Crippen LogP contribution < -0.4 is 0 Å². The van der Waals surface area contributed by atoms with Crippen LogP contribution in [0.25, 0.3) is 0 Å². The van der Waals surface area contributed by atoms with Crippen molar-refractivity contribution in [2.24, 2.45) is 0 Å². The van der Waals surface area contributed by atoms with Crippen LogP contribution in [-0.4, -0.2) is 17.5 Å². The monoisotopic (exact) mass is 309 g/mol. The van der Waals surface area contributed by atoms with E-state index in [-0.39, 0.29) is 0 Å². The zero-order chi connectivity index (χ0) is 13.0. The molecule has 2 heteroatoms. The first-order valence-electron chi connectivity index (χ1n) is 7.26. The third-order valence-corrected chi connectivity index (χ3v) is 4.74. The van der Waals surface area contributed by atoms with E-state index in [1.807, 2.05) is 0 Å². The predicted octanol–water partition coefficient (Wildman–Crippen LogP) is 4.78. The van der Waals surface area contributed by atoms with E-state index in [9.17, 15) is 0 Å². The van der Waals surface area contributed by atoms with Crippen LogP contribution in [0.1, 0.15) is 50.7 Å². The maximum Gasteiger partial charge on any atom is 0.0239 e. The van der Waals surface area contributed by atoms with Crippen LogP contribution in [0, 0.1) is 0 Å². The van der Waals surface area contributed by atoms with E-state index in [4.69, 9.17) is 0 Å². The van der Waals surface area contributed by atoms with Gasteiger partial charge in [0.25, 0.3) is 0 Å². The molecule has 0 bridgehead atoms. The Balaban J connectivity index is 2.10. The molecule has 0 fully saturated rings. The second-order valence-electron chi connectivity index (χ2n) is 5.33. The first kappa shape index (κ1) is 14.1. The minimum Gasteiger partial charge on any atom is -0.296 e. The quantitative estimate of drug-likeness (QED) is 0.757. The van der Waals surface area contributed by atoms with E-state index >= 15 is 0 Å². The fourth-order valence-corrected chi connectivity index (χ4v) is 3.68. The second-order valence-corrected chi connectivity index (χ2v) is 6.18. The highest BCUT2D eigenvalue weighted by atomic mass is 79.9. The van der Waals surface area contributed by atoms with Crippen molar-refractivity contribution in [1.29, 1.82) is 0 Å². The lowest BCUT2D eigenvalue weighted by molar-refractivity contribution is 0.158. The van der Waals surface area contributed by atoms with Gasteiger partial charge in [-0.3, -0.25) is 4.90 Å². The molecular weight excluding hydrogens is 286 g/mol. The highest BCUT2D eigenvalue weighted by Gasteiger charge is 2.23. The number of nitrogens with zero attached hydrogens (tertiary/aromatic N) is 1. The normalized spacial score (nSPS) is 16.0. The van der Waals surface area contributed by atoms with Gasteiger partial charge in [0.1, 0.15) is 0 Å². The molecule has 1 heterocycles. The van der Waals surface area contributed by atoms with Crippen LogP contribution in [0.3, 0.4) is 0 Å². The number of benzene rings is 1. The number of hydrogen-bond donors (Lipinski definition) is 0. The van der Waals surface area contributed by atoms with E-state index in [1.165, 1.54) is 54.2 Å². The molecule has 1 aliphatic heterocycles. The highest BCUT2D eigenvalue weighted by molar-refractivity contribution is 9.10. The van der Waals surface area contributed by atoms with E-state index < -0.39 is 0 Å². The SMILES string of the molecule is CCCC(CCC)N1CCc2c(Br)cccc2C1. The van der Waals surface area contributed by atoms with Gasteiger partial charge in [0.05, 0.1) is 0 Å². The minimum atomic E-state index is 0.784. The van der Waals surface area contributed by atoms with Crippen LogP contribution in [0.5, 0.6) is 0 Å².